The summed E-state index contributed by atoms with van der Waals surface area (Å²) in [6.45, 7) is 8.14. The van der Waals surface area contributed by atoms with E-state index in [2.05, 4.69) is 22.5 Å². The van der Waals surface area contributed by atoms with Gasteiger partial charge in [-0.1, -0.05) is 32.6 Å². The third kappa shape index (κ3) is 7.53. The molecule has 0 unspecified atom stereocenters. The van der Waals surface area contributed by atoms with E-state index in [-0.39, 0.29) is 18.4 Å². The molecule has 0 saturated heterocycles. The zero-order valence-electron chi connectivity index (χ0n) is 16.3. The first kappa shape index (κ1) is 21.0. The second-order valence-electron chi connectivity index (χ2n) is 6.75. The fourth-order valence-electron chi connectivity index (χ4n) is 2.46. The predicted octanol–water partition coefficient (Wildman–Crippen LogP) is 4.29. The number of anilines is 3. The molecular formula is C22H27N3O3. The lowest BCUT2D eigenvalue weighted by Crippen LogP contribution is -2.21. The summed E-state index contributed by atoms with van der Waals surface area (Å²) < 4.78 is 5.45. The summed E-state index contributed by atoms with van der Waals surface area (Å²) in [5, 5.41) is 8.73. The number of rotatable bonds is 10. The Kier molecular flexibility index (Phi) is 8.09. The van der Waals surface area contributed by atoms with Crippen LogP contribution in [0.25, 0.3) is 0 Å². The van der Waals surface area contributed by atoms with Gasteiger partial charge in [-0.05, 0) is 42.3 Å². The van der Waals surface area contributed by atoms with Crippen molar-refractivity contribution in [3.05, 3.63) is 61.2 Å². The highest BCUT2D eigenvalue weighted by atomic mass is 16.5. The van der Waals surface area contributed by atoms with Crippen molar-refractivity contribution in [3.63, 3.8) is 0 Å². The maximum Gasteiger partial charge on any atom is 0.243 e. The van der Waals surface area contributed by atoms with Crippen LogP contribution >= 0.6 is 0 Å². The van der Waals surface area contributed by atoms with E-state index in [1.54, 1.807) is 30.3 Å². The highest BCUT2D eigenvalue weighted by molar-refractivity contribution is 5.94. The Morgan fingerprint density at radius 3 is 2.36 bits per heavy atom. The Bertz CT molecular complexity index is 801. The smallest absolute Gasteiger partial charge is 0.243 e. The third-order valence-corrected chi connectivity index (χ3v) is 3.70. The van der Waals surface area contributed by atoms with Gasteiger partial charge in [0.2, 0.25) is 11.8 Å². The van der Waals surface area contributed by atoms with Crippen LogP contribution in [0.2, 0.25) is 0 Å². The van der Waals surface area contributed by atoms with Crippen molar-refractivity contribution in [2.45, 2.75) is 20.3 Å². The van der Waals surface area contributed by atoms with E-state index < -0.39 is 0 Å². The number of ether oxygens (including phenoxy) is 1. The summed E-state index contributed by atoms with van der Waals surface area (Å²) in [4.78, 5) is 23.9. The van der Waals surface area contributed by atoms with Gasteiger partial charge in [-0.25, -0.2) is 0 Å². The van der Waals surface area contributed by atoms with Gasteiger partial charge >= 0.3 is 0 Å². The number of carbonyl (C=O) groups excluding carboxylic acids is 2. The highest BCUT2D eigenvalue weighted by Gasteiger charge is 2.06. The van der Waals surface area contributed by atoms with Crippen LogP contribution in [0.3, 0.4) is 0 Å². The number of nitrogens with one attached hydrogen (secondary N) is 3. The number of hydrogen-bond acceptors (Lipinski definition) is 4. The van der Waals surface area contributed by atoms with Crippen molar-refractivity contribution < 1.29 is 14.3 Å². The first-order valence-electron chi connectivity index (χ1n) is 9.23. The van der Waals surface area contributed by atoms with Gasteiger partial charge in [-0.2, -0.15) is 0 Å². The minimum Gasteiger partial charge on any atom is -0.489 e. The average Bonchev–Trinajstić information content (AvgIpc) is 2.65. The van der Waals surface area contributed by atoms with Gasteiger partial charge in [0.15, 0.2) is 0 Å². The summed E-state index contributed by atoms with van der Waals surface area (Å²) in [6, 6.07) is 14.4. The summed E-state index contributed by atoms with van der Waals surface area (Å²) >= 11 is 0. The molecule has 0 aromatic heterocycles. The van der Waals surface area contributed by atoms with Crippen LogP contribution in [-0.4, -0.2) is 25.0 Å². The van der Waals surface area contributed by atoms with Crippen LogP contribution in [0.1, 0.15) is 20.3 Å². The van der Waals surface area contributed by atoms with E-state index in [4.69, 9.17) is 4.74 Å². The van der Waals surface area contributed by atoms with Gasteiger partial charge in [0.25, 0.3) is 0 Å². The molecule has 2 aromatic carbocycles. The van der Waals surface area contributed by atoms with Crippen LogP contribution in [0.5, 0.6) is 5.75 Å². The summed E-state index contributed by atoms with van der Waals surface area (Å²) in [5.41, 5.74) is 2.19. The Labute approximate surface area is 166 Å². The van der Waals surface area contributed by atoms with Gasteiger partial charge in [0, 0.05) is 29.5 Å². The number of hydrogen-bond donors (Lipinski definition) is 3. The summed E-state index contributed by atoms with van der Waals surface area (Å²) in [6.07, 6.45) is 2.15. The fraction of sp³-hybridized carbons (Fsp3) is 0.273. The first-order valence-corrected chi connectivity index (χ1v) is 9.23. The molecule has 2 amide bonds. The maximum absolute atomic E-state index is 12.1. The molecular weight excluding hydrogens is 354 g/mol. The monoisotopic (exact) mass is 381 g/mol. The van der Waals surface area contributed by atoms with Gasteiger partial charge in [-0.15, -0.1) is 0 Å². The molecule has 0 aliphatic rings. The van der Waals surface area contributed by atoms with E-state index >= 15 is 0 Å². The third-order valence-electron chi connectivity index (χ3n) is 3.70. The van der Waals surface area contributed by atoms with Crippen LogP contribution < -0.4 is 20.7 Å². The molecule has 0 aliphatic heterocycles. The second-order valence-corrected chi connectivity index (χ2v) is 6.75. The van der Waals surface area contributed by atoms with Crippen LogP contribution in [0, 0.1) is 5.92 Å². The van der Waals surface area contributed by atoms with Crippen molar-refractivity contribution in [3.8, 4) is 5.75 Å². The van der Waals surface area contributed by atoms with Crippen molar-refractivity contribution in [1.29, 1.82) is 0 Å². The molecule has 6 nitrogen and oxygen atoms in total. The Morgan fingerprint density at radius 2 is 1.68 bits per heavy atom. The van der Waals surface area contributed by atoms with E-state index in [9.17, 15) is 9.59 Å². The molecule has 0 bridgehead atoms. The Morgan fingerprint density at radius 1 is 1.00 bits per heavy atom. The maximum atomic E-state index is 12.1. The van der Waals surface area contributed by atoms with Gasteiger partial charge < -0.3 is 20.7 Å². The summed E-state index contributed by atoms with van der Waals surface area (Å²) in [5.74, 6) is 0.805. The predicted molar refractivity (Wildman–Crippen MR) is 114 cm³/mol. The lowest BCUT2D eigenvalue weighted by Gasteiger charge is -2.11. The lowest BCUT2D eigenvalue weighted by atomic mass is 10.1. The Balaban J connectivity index is 1.81. The molecule has 0 saturated carbocycles. The van der Waals surface area contributed by atoms with Gasteiger partial charge in [0.1, 0.15) is 12.4 Å². The SMILES string of the molecule is C=CCOc1cccc(NC(=O)CNc2ccc(NC(=O)CC(C)C)cc2)c1. The van der Waals surface area contributed by atoms with E-state index in [1.807, 2.05) is 38.1 Å². The van der Waals surface area contributed by atoms with Crippen LogP contribution in [0.4, 0.5) is 17.1 Å². The molecule has 3 N–H and O–H groups in total. The van der Waals surface area contributed by atoms with Gasteiger partial charge in [0.05, 0.1) is 6.54 Å². The zero-order valence-corrected chi connectivity index (χ0v) is 16.3. The number of benzene rings is 2. The van der Waals surface area contributed by atoms with Crippen molar-refractivity contribution in [2.24, 2.45) is 5.92 Å². The molecule has 0 spiro atoms. The van der Waals surface area contributed by atoms with Crippen molar-refractivity contribution in [2.75, 3.05) is 29.1 Å². The molecule has 6 heteroatoms. The molecule has 28 heavy (non-hydrogen) atoms. The lowest BCUT2D eigenvalue weighted by molar-refractivity contribution is -0.117. The average molecular weight is 381 g/mol. The minimum atomic E-state index is -0.171. The topological polar surface area (TPSA) is 79.5 Å². The number of carbonyl (C=O) groups is 2. The molecule has 0 aliphatic carbocycles. The molecule has 0 fully saturated rings. The quantitative estimate of drug-likeness (QED) is 0.537. The second kappa shape index (κ2) is 10.8. The normalized spacial score (nSPS) is 10.2. The standard InChI is InChI=1S/C22H27N3O3/c1-4-12-28-20-7-5-6-19(14-20)25-22(27)15-23-17-8-10-18(11-9-17)24-21(26)13-16(2)3/h4-11,14,16,23H,1,12-13,15H2,2-3H3,(H,24,26)(H,25,27). The molecule has 2 rings (SSSR count). The van der Waals surface area contributed by atoms with E-state index in [0.29, 0.717) is 30.4 Å². The van der Waals surface area contributed by atoms with Crippen molar-refractivity contribution >= 4 is 28.9 Å². The molecule has 2 aromatic rings. The Hall–Kier alpha value is -3.28. The van der Waals surface area contributed by atoms with E-state index in [0.717, 1.165) is 11.4 Å². The van der Waals surface area contributed by atoms with Crippen LogP contribution in [-0.2, 0) is 9.59 Å². The van der Waals surface area contributed by atoms with E-state index in [1.165, 1.54) is 0 Å². The largest absolute Gasteiger partial charge is 0.489 e. The number of amides is 2. The molecule has 0 atom stereocenters. The highest BCUT2D eigenvalue weighted by Crippen LogP contribution is 2.18. The minimum absolute atomic E-state index is 0.00520. The first-order chi connectivity index (χ1) is 13.5. The zero-order chi connectivity index (χ0) is 20.4. The molecule has 0 heterocycles. The molecule has 148 valence electrons. The fourth-order valence-corrected chi connectivity index (χ4v) is 2.46. The summed E-state index contributed by atoms with van der Waals surface area (Å²) in [7, 11) is 0. The van der Waals surface area contributed by atoms with Crippen molar-refractivity contribution in [1.82, 2.24) is 0 Å². The molecule has 0 radical (unpaired) electrons. The van der Waals surface area contributed by atoms with Gasteiger partial charge in [-0.3, -0.25) is 9.59 Å². The van der Waals surface area contributed by atoms with Crippen LogP contribution in [0.15, 0.2) is 61.2 Å².